The van der Waals surface area contributed by atoms with Crippen molar-refractivity contribution in [2.24, 2.45) is 0 Å². The predicted octanol–water partition coefficient (Wildman–Crippen LogP) is 4.82. The Hall–Kier alpha value is 0.390. The highest BCUT2D eigenvalue weighted by Gasteiger charge is 2.20. The predicted molar refractivity (Wildman–Crippen MR) is 90.2 cm³/mol. The van der Waals surface area contributed by atoms with Crippen LogP contribution in [0.3, 0.4) is 0 Å². The first-order valence-electron chi connectivity index (χ1n) is 6.84. The van der Waals surface area contributed by atoms with Crippen LogP contribution in [0.4, 0.5) is 0 Å². The first kappa shape index (κ1) is 14.8. The Morgan fingerprint density at radius 3 is 2.39 bits per heavy atom. The summed E-state index contributed by atoms with van der Waals surface area (Å²) < 4.78 is 1.32. The first-order valence-corrected chi connectivity index (χ1v) is 9.04. The summed E-state index contributed by atoms with van der Waals surface area (Å²) in [6, 6.07) is 9.76. The van der Waals surface area contributed by atoms with E-state index in [0.29, 0.717) is 0 Å². The Balaban J connectivity index is 1.98. The van der Waals surface area contributed by atoms with Crippen molar-refractivity contribution in [3.63, 3.8) is 0 Å². The zero-order valence-electron chi connectivity index (χ0n) is 10.7. The lowest BCUT2D eigenvalue weighted by Crippen LogP contribution is -2.37. The summed E-state index contributed by atoms with van der Waals surface area (Å²) in [4.78, 5) is 2.66. The van der Waals surface area contributed by atoms with E-state index in [9.17, 15) is 0 Å². The summed E-state index contributed by atoms with van der Waals surface area (Å²) in [5, 5.41) is 1.08. The lowest BCUT2D eigenvalue weighted by Gasteiger charge is -2.34. The van der Waals surface area contributed by atoms with Gasteiger partial charge in [0.25, 0.3) is 0 Å². The van der Waals surface area contributed by atoms with Gasteiger partial charge in [0.15, 0.2) is 0 Å². The minimum atomic E-state index is 0.801. The number of hydrogen-bond donors (Lipinski definition) is 0. The average molecular weight is 422 g/mol. The van der Waals surface area contributed by atoms with Crippen LogP contribution in [0.15, 0.2) is 24.3 Å². The van der Waals surface area contributed by atoms with Crippen molar-refractivity contribution in [2.45, 2.75) is 44.7 Å². The van der Waals surface area contributed by atoms with E-state index in [1.165, 1.54) is 41.2 Å². The van der Waals surface area contributed by atoms with E-state index >= 15 is 0 Å². The van der Waals surface area contributed by atoms with Gasteiger partial charge in [-0.1, -0.05) is 47.3 Å². The molecule has 0 atom stereocenters. The van der Waals surface area contributed by atoms with Crippen LogP contribution >= 0.6 is 38.5 Å². The van der Waals surface area contributed by atoms with Gasteiger partial charge < -0.3 is 0 Å². The van der Waals surface area contributed by atoms with Crippen molar-refractivity contribution in [2.75, 3.05) is 11.9 Å². The number of rotatable bonds is 5. The Morgan fingerprint density at radius 2 is 1.78 bits per heavy atom. The standard InChI is InChI=1S/C15H21BrIN/c16-10-11-18(15-4-2-1-3-5-15)12-13-6-8-14(17)9-7-13/h6-9,15H,1-5,10-12H2. The van der Waals surface area contributed by atoms with Crippen molar-refractivity contribution in [3.05, 3.63) is 33.4 Å². The molecule has 1 nitrogen and oxygen atoms in total. The Kier molecular flexibility index (Phi) is 6.45. The first-order chi connectivity index (χ1) is 8.79. The van der Waals surface area contributed by atoms with Gasteiger partial charge >= 0.3 is 0 Å². The number of alkyl halides is 1. The maximum atomic E-state index is 3.60. The molecular formula is C15H21BrIN. The molecule has 0 radical (unpaired) electrons. The van der Waals surface area contributed by atoms with Gasteiger partial charge in [0.05, 0.1) is 0 Å². The monoisotopic (exact) mass is 421 g/mol. The van der Waals surface area contributed by atoms with E-state index in [1.54, 1.807) is 0 Å². The molecule has 0 N–H and O–H groups in total. The van der Waals surface area contributed by atoms with E-state index < -0.39 is 0 Å². The lowest BCUT2D eigenvalue weighted by molar-refractivity contribution is 0.158. The van der Waals surface area contributed by atoms with E-state index in [0.717, 1.165) is 24.5 Å². The molecule has 0 amide bonds. The average Bonchev–Trinajstić information content (AvgIpc) is 2.42. The van der Waals surface area contributed by atoms with Gasteiger partial charge in [0.2, 0.25) is 0 Å². The molecule has 1 aromatic carbocycles. The molecule has 1 aliphatic carbocycles. The SMILES string of the molecule is BrCCN(Cc1ccc(I)cc1)C1CCCCC1. The van der Waals surface area contributed by atoms with Crippen molar-refractivity contribution >= 4 is 38.5 Å². The van der Waals surface area contributed by atoms with E-state index in [4.69, 9.17) is 0 Å². The van der Waals surface area contributed by atoms with Crippen LogP contribution in [0.25, 0.3) is 0 Å². The lowest BCUT2D eigenvalue weighted by atomic mass is 9.94. The fraction of sp³-hybridized carbons (Fsp3) is 0.600. The van der Waals surface area contributed by atoms with E-state index in [-0.39, 0.29) is 0 Å². The highest BCUT2D eigenvalue weighted by atomic mass is 127. The Labute approximate surface area is 133 Å². The summed E-state index contributed by atoms with van der Waals surface area (Å²) in [6.45, 7) is 2.27. The smallest absolute Gasteiger partial charge is 0.0237 e. The summed E-state index contributed by atoms with van der Waals surface area (Å²) in [5.74, 6) is 0. The topological polar surface area (TPSA) is 3.24 Å². The summed E-state index contributed by atoms with van der Waals surface area (Å²) in [6.07, 6.45) is 7.03. The molecule has 0 unspecified atom stereocenters. The molecule has 1 aliphatic rings. The van der Waals surface area contributed by atoms with Gasteiger partial charge in [-0.05, 0) is 53.1 Å². The molecule has 0 aromatic heterocycles. The molecule has 1 saturated carbocycles. The van der Waals surface area contributed by atoms with E-state index in [1.807, 2.05) is 0 Å². The Bertz CT molecular complexity index is 346. The van der Waals surface area contributed by atoms with Crippen LogP contribution in [0.1, 0.15) is 37.7 Å². The van der Waals surface area contributed by atoms with Gasteiger partial charge in [-0.15, -0.1) is 0 Å². The van der Waals surface area contributed by atoms with E-state index in [2.05, 4.69) is 67.7 Å². The maximum absolute atomic E-state index is 3.60. The van der Waals surface area contributed by atoms with Crippen LogP contribution in [-0.4, -0.2) is 22.8 Å². The number of halogens is 2. The third-order valence-electron chi connectivity index (χ3n) is 3.76. The number of benzene rings is 1. The summed E-state index contributed by atoms with van der Waals surface area (Å²) >= 11 is 5.97. The van der Waals surface area contributed by atoms with Crippen LogP contribution < -0.4 is 0 Å². The van der Waals surface area contributed by atoms with Crippen LogP contribution in [0.2, 0.25) is 0 Å². The molecule has 0 bridgehead atoms. The largest absolute Gasteiger partial charge is 0.295 e. The third kappa shape index (κ3) is 4.49. The normalized spacial score (nSPS) is 17.3. The van der Waals surface area contributed by atoms with Crippen molar-refractivity contribution in [1.29, 1.82) is 0 Å². The van der Waals surface area contributed by atoms with Crippen molar-refractivity contribution < 1.29 is 0 Å². The minimum absolute atomic E-state index is 0.801. The number of nitrogens with zero attached hydrogens (tertiary/aromatic N) is 1. The fourth-order valence-corrected chi connectivity index (χ4v) is 3.58. The second kappa shape index (κ2) is 7.85. The highest BCUT2D eigenvalue weighted by molar-refractivity contribution is 14.1. The molecule has 0 aliphatic heterocycles. The van der Waals surface area contributed by atoms with Crippen LogP contribution in [0, 0.1) is 3.57 Å². The fourth-order valence-electron chi connectivity index (χ4n) is 2.77. The quantitative estimate of drug-likeness (QED) is 0.486. The zero-order chi connectivity index (χ0) is 12.8. The molecule has 0 heterocycles. The molecule has 2 rings (SSSR count). The maximum Gasteiger partial charge on any atom is 0.0237 e. The molecule has 3 heteroatoms. The molecule has 0 spiro atoms. The molecule has 1 fully saturated rings. The Morgan fingerprint density at radius 1 is 1.11 bits per heavy atom. The molecule has 100 valence electrons. The number of hydrogen-bond acceptors (Lipinski definition) is 1. The molecular weight excluding hydrogens is 401 g/mol. The van der Waals surface area contributed by atoms with Crippen LogP contribution in [-0.2, 0) is 6.54 Å². The highest BCUT2D eigenvalue weighted by Crippen LogP contribution is 2.24. The molecule has 1 aromatic rings. The third-order valence-corrected chi connectivity index (χ3v) is 4.84. The summed E-state index contributed by atoms with van der Waals surface area (Å²) in [7, 11) is 0. The van der Waals surface area contributed by atoms with Crippen molar-refractivity contribution in [1.82, 2.24) is 4.90 Å². The summed E-state index contributed by atoms with van der Waals surface area (Å²) in [5.41, 5.74) is 1.45. The van der Waals surface area contributed by atoms with Gasteiger partial charge in [-0.2, -0.15) is 0 Å². The molecule has 0 saturated heterocycles. The second-order valence-corrected chi connectivity index (χ2v) is 7.12. The van der Waals surface area contributed by atoms with Gasteiger partial charge in [-0.25, -0.2) is 0 Å². The zero-order valence-corrected chi connectivity index (χ0v) is 14.5. The van der Waals surface area contributed by atoms with Crippen LogP contribution in [0.5, 0.6) is 0 Å². The van der Waals surface area contributed by atoms with Crippen molar-refractivity contribution in [3.8, 4) is 0 Å². The van der Waals surface area contributed by atoms with Gasteiger partial charge in [-0.3, -0.25) is 4.90 Å². The second-order valence-electron chi connectivity index (χ2n) is 5.08. The minimum Gasteiger partial charge on any atom is -0.295 e. The molecule has 18 heavy (non-hydrogen) atoms. The van der Waals surface area contributed by atoms with Gasteiger partial charge in [0.1, 0.15) is 0 Å². The van der Waals surface area contributed by atoms with Gasteiger partial charge in [0, 0.05) is 28.0 Å².